The van der Waals surface area contributed by atoms with Crippen molar-refractivity contribution >= 4 is 29.1 Å². The lowest BCUT2D eigenvalue weighted by atomic mass is 10.1. The Balaban J connectivity index is 2.08. The lowest BCUT2D eigenvalue weighted by Crippen LogP contribution is -2.28. The Labute approximate surface area is 133 Å². The number of aromatic nitrogens is 1. The number of carbonyl (C=O) groups is 1. The molecule has 1 aromatic heterocycles. The smallest absolute Gasteiger partial charge is 0.227 e. The molecule has 0 bridgehead atoms. The number of nitrogens with zero attached hydrogens (tertiary/aromatic N) is 2. The molecule has 0 fully saturated rings. The molecule has 4 nitrogen and oxygen atoms in total. The van der Waals surface area contributed by atoms with Crippen molar-refractivity contribution in [2.75, 3.05) is 7.05 Å². The van der Waals surface area contributed by atoms with Crippen LogP contribution in [0.3, 0.4) is 0 Å². The SMILES string of the molecule is Cc1noc(C)c1CC(=O)N(C)Cc1cccc(Cl)c1Cl. The third-order valence-corrected chi connectivity index (χ3v) is 4.23. The molecule has 0 spiro atoms. The molecule has 0 N–H and O–H groups in total. The van der Waals surface area contributed by atoms with Gasteiger partial charge < -0.3 is 9.42 Å². The van der Waals surface area contributed by atoms with Gasteiger partial charge in [0.05, 0.1) is 22.2 Å². The van der Waals surface area contributed by atoms with E-state index in [0.29, 0.717) is 22.4 Å². The van der Waals surface area contributed by atoms with Crippen LogP contribution in [0.1, 0.15) is 22.6 Å². The first kappa shape index (κ1) is 15.9. The Morgan fingerprint density at radius 1 is 1.33 bits per heavy atom. The maximum Gasteiger partial charge on any atom is 0.227 e. The fourth-order valence-electron chi connectivity index (χ4n) is 2.05. The minimum Gasteiger partial charge on any atom is -0.361 e. The molecule has 0 aliphatic carbocycles. The highest BCUT2D eigenvalue weighted by molar-refractivity contribution is 6.42. The predicted molar refractivity (Wildman–Crippen MR) is 82.6 cm³/mol. The molecule has 0 radical (unpaired) electrons. The van der Waals surface area contributed by atoms with Gasteiger partial charge in [0.25, 0.3) is 0 Å². The second kappa shape index (κ2) is 6.50. The van der Waals surface area contributed by atoms with Crippen LogP contribution in [-0.2, 0) is 17.8 Å². The molecule has 21 heavy (non-hydrogen) atoms. The number of rotatable bonds is 4. The van der Waals surface area contributed by atoms with Gasteiger partial charge in [-0.3, -0.25) is 4.79 Å². The number of carbonyl (C=O) groups excluding carboxylic acids is 1. The normalized spacial score (nSPS) is 10.7. The van der Waals surface area contributed by atoms with Crippen LogP contribution in [0.25, 0.3) is 0 Å². The molecule has 0 aliphatic heterocycles. The van der Waals surface area contributed by atoms with Crippen LogP contribution in [0.2, 0.25) is 10.0 Å². The van der Waals surface area contributed by atoms with Crippen LogP contribution in [0, 0.1) is 13.8 Å². The summed E-state index contributed by atoms with van der Waals surface area (Å²) in [5.41, 5.74) is 2.40. The first-order chi connectivity index (χ1) is 9.90. The van der Waals surface area contributed by atoms with Gasteiger partial charge >= 0.3 is 0 Å². The number of aryl methyl sites for hydroxylation is 2. The Bertz CT molecular complexity index is 648. The van der Waals surface area contributed by atoms with E-state index in [9.17, 15) is 4.79 Å². The summed E-state index contributed by atoms with van der Waals surface area (Å²) < 4.78 is 5.07. The number of benzene rings is 1. The molecule has 6 heteroatoms. The number of hydrogen-bond acceptors (Lipinski definition) is 3. The summed E-state index contributed by atoms with van der Waals surface area (Å²) in [6.07, 6.45) is 0.260. The molecular weight excluding hydrogens is 311 g/mol. The molecule has 2 rings (SSSR count). The van der Waals surface area contributed by atoms with Gasteiger partial charge in [-0.2, -0.15) is 0 Å². The van der Waals surface area contributed by atoms with E-state index < -0.39 is 0 Å². The van der Waals surface area contributed by atoms with Crippen LogP contribution >= 0.6 is 23.2 Å². The van der Waals surface area contributed by atoms with Gasteiger partial charge in [-0.25, -0.2) is 0 Å². The van der Waals surface area contributed by atoms with Crippen LogP contribution in [0.15, 0.2) is 22.7 Å². The van der Waals surface area contributed by atoms with Crippen molar-refractivity contribution in [3.8, 4) is 0 Å². The van der Waals surface area contributed by atoms with Gasteiger partial charge in [0, 0.05) is 19.2 Å². The molecule has 0 saturated heterocycles. The average molecular weight is 327 g/mol. The van der Waals surface area contributed by atoms with Crippen LogP contribution in [-0.4, -0.2) is 23.0 Å². The van der Waals surface area contributed by atoms with Crippen molar-refractivity contribution in [1.82, 2.24) is 10.1 Å². The van der Waals surface area contributed by atoms with Crippen molar-refractivity contribution in [3.63, 3.8) is 0 Å². The molecule has 0 saturated carbocycles. The van der Waals surface area contributed by atoms with Crippen LogP contribution in [0.4, 0.5) is 0 Å². The largest absolute Gasteiger partial charge is 0.361 e. The summed E-state index contributed by atoms with van der Waals surface area (Å²) in [7, 11) is 1.73. The molecule has 0 atom stereocenters. The number of amides is 1. The van der Waals surface area contributed by atoms with Crippen LogP contribution < -0.4 is 0 Å². The van der Waals surface area contributed by atoms with E-state index in [4.69, 9.17) is 27.7 Å². The van der Waals surface area contributed by atoms with E-state index >= 15 is 0 Å². The highest BCUT2D eigenvalue weighted by atomic mass is 35.5. The number of hydrogen-bond donors (Lipinski definition) is 0. The Morgan fingerprint density at radius 2 is 2.05 bits per heavy atom. The zero-order valence-electron chi connectivity index (χ0n) is 12.1. The molecule has 1 aromatic carbocycles. The minimum absolute atomic E-state index is 0.0274. The second-order valence-electron chi connectivity index (χ2n) is 4.94. The van der Waals surface area contributed by atoms with Gasteiger partial charge in [0.1, 0.15) is 5.76 Å². The highest BCUT2D eigenvalue weighted by Crippen LogP contribution is 2.26. The number of halogens is 2. The van der Waals surface area contributed by atoms with E-state index in [1.165, 1.54) is 0 Å². The lowest BCUT2D eigenvalue weighted by molar-refractivity contribution is -0.129. The molecular formula is C15H16Cl2N2O2. The molecule has 1 heterocycles. The van der Waals surface area contributed by atoms with Crippen molar-refractivity contribution in [2.24, 2.45) is 0 Å². The first-order valence-electron chi connectivity index (χ1n) is 6.48. The Morgan fingerprint density at radius 3 is 2.67 bits per heavy atom. The van der Waals surface area contributed by atoms with Crippen molar-refractivity contribution in [2.45, 2.75) is 26.8 Å². The van der Waals surface area contributed by atoms with Gasteiger partial charge in [-0.15, -0.1) is 0 Å². The first-order valence-corrected chi connectivity index (χ1v) is 7.24. The molecule has 112 valence electrons. The summed E-state index contributed by atoms with van der Waals surface area (Å²) >= 11 is 12.1. The predicted octanol–water partition coefficient (Wildman–Crippen LogP) is 3.80. The van der Waals surface area contributed by atoms with Crippen molar-refractivity contribution < 1.29 is 9.32 Å². The van der Waals surface area contributed by atoms with Gasteiger partial charge in [0.15, 0.2) is 0 Å². The van der Waals surface area contributed by atoms with Gasteiger partial charge in [-0.1, -0.05) is 40.5 Å². The van der Waals surface area contributed by atoms with Gasteiger partial charge in [0.2, 0.25) is 5.91 Å². The van der Waals surface area contributed by atoms with Crippen molar-refractivity contribution in [1.29, 1.82) is 0 Å². The standard InChI is InChI=1S/C15H16Cl2N2O2/c1-9-12(10(2)21-18-9)7-14(20)19(3)8-11-5-4-6-13(16)15(11)17/h4-6H,7-8H2,1-3H3. The number of likely N-dealkylation sites (N-methyl/N-ethyl adjacent to an activating group) is 1. The topological polar surface area (TPSA) is 46.3 Å². The molecule has 1 amide bonds. The van der Waals surface area contributed by atoms with Crippen LogP contribution in [0.5, 0.6) is 0 Å². The van der Waals surface area contributed by atoms with E-state index in [0.717, 1.165) is 16.8 Å². The fraction of sp³-hybridized carbons (Fsp3) is 0.333. The van der Waals surface area contributed by atoms with E-state index in [-0.39, 0.29) is 12.3 Å². The van der Waals surface area contributed by atoms with E-state index in [1.807, 2.05) is 19.1 Å². The van der Waals surface area contributed by atoms with Gasteiger partial charge in [-0.05, 0) is 25.5 Å². The highest BCUT2D eigenvalue weighted by Gasteiger charge is 2.17. The minimum atomic E-state index is -0.0274. The monoisotopic (exact) mass is 326 g/mol. The Hall–Kier alpha value is -1.52. The third-order valence-electron chi connectivity index (χ3n) is 3.37. The quantitative estimate of drug-likeness (QED) is 0.858. The average Bonchev–Trinajstić information content (AvgIpc) is 2.75. The summed E-state index contributed by atoms with van der Waals surface area (Å²) in [4.78, 5) is 13.9. The molecule has 0 aliphatic rings. The molecule has 2 aromatic rings. The zero-order chi connectivity index (χ0) is 15.6. The zero-order valence-corrected chi connectivity index (χ0v) is 13.6. The Kier molecular flexibility index (Phi) is 4.91. The second-order valence-corrected chi connectivity index (χ2v) is 5.73. The maximum atomic E-state index is 12.3. The fourth-order valence-corrected chi connectivity index (χ4v) is 2.43. The van der Waals surface area contributed by atoms with E-state index in [2.05, 4.69) is 5.16 Å². The summed E-state index contributed by atoms with van der Waals surface area (Å²) in [6, 6.07) is 5.39. The summed E-state index contributed by atoms with van der Waals surface area (Å²) in [6.45, 7) is 4.03. The summed E-state index contributed by atoms with van der Waals surface area (Å²) in [5.74, 6) is 0.649. The van der Waals surface area contributed by atoms with E-state index in [1.54, 1.807) is 24.9 Å². The third kappa shape index (κ3) is 3.57. The van der Waals surface area contributed by atoms with Crippen molar-refractivity contribution in [3.05, 3.63) is 50.8 Å². The maximum absolute atomic E-state index is 12.3. The lowest BCUT2D eigenvalue weighted by Gasteiger charge is -2.18. The summed E-state index contributed by atoms with van der Waals surface area (Å²) in [5, 5.41) is 4.82. The molecule has 0 unspecified atom stereocenters.